The zero-order valence-corrected chi connectivity index (χ0v) is 18.9. The predicted octanol–water partition coefficient (Wildman–Crippen LogP) is 4.85. The number of hydrogen-bond donors (Lipinski definition) is 1. The molecule has 0 aromatic heterocycles. The lowest BCUT2D eigenvalue weighted by Gasteiger charge is -2.16. The van der Waals surface area contributed by atoms with E-state index in [-0.39, 0.29) is 17.7 Å². The fraction of sp³-hybridized carbons (Fsp3) is 0.783. The highest BCUT2D eigenvalue weighted by Crippen LogP contribution is 2.13. The fourth-order valence-corrected chi connectivity index (χ4v) is 3.09. The molecule has 0 bridgehead atoms. The summed E-state index contributed by atoms with van der Waals surface area (Å²) in [6, 6.07) is -0.475. The third kappa shape index (κ3) is 15.7. The second-order valence-electron chi connectivity index (χ2n) is 7.53. The van der Waals surface area contributed by atoms with Crippen molar-refractivity contribution in [3.63, 3.8) is 0 Å². The summed E-state index contributed by atoms with van der Waals surface area (Å²) in [5.41, 5.74) is 0.814. The topological polar surface area (TPSA) is 81.7 Å². The second-order valence-corrected chi connectivity index (χ2v) is 7.53. The molecule has 6 heteroatoms. The molecule has 0 aliphatic carbocycles. The van der Waals surface area contributed by atoms with Gasteiger partial charge in [0.1, 0.15) is 6.04 Å². The van der Waals surface area contributed by atoms with E-state index in [1.807, 2.05) is 0 Å². The summed E-state index contributed by atoms with van der Waals surface area (Å²) in [5.74, 6) is -0.370. The molecule has 0 amide bonds. The second kappa shape index (κ2) is 18.2. The van der Waals surface area contributed by atoms with Crippen LogP contribution < -0.4 is 5.32 Å². The molecule has 0 radical (unpaired) electrons. The van der Waals surface area contributed by atoms with Crippen molar-refractivity contribution in [2.24, 2.45) is 0 Å². The van der Waals surface area contributed by atoms with Crippen LogP contribution in [0.15, 0.2) is 11.8 Å². The van der Waals surface area contributed by atoms with Crippen LogP contribution in [-0.2, 0) is 23.9 Å². The average Bonchev–Trinajstić information content (AvgIpc) is 2.71. The molecule has 0 heterocycles. The Morgan fingerprint density at radius 2 is 1.34 bits per heavy atom. The number of esters is 2. The number of nitrogens with one attached hydrogen (secondary N) is 1. The number of carbonyl (C=O) groups is 3. The molecule has 0 fully saturated rings. The van der Waals surface area contributed by atoms with Crippen LogP contribution in [-0.4, -0.2) is 38.0 Å². The van der Waals surface area contributed by atoms with Gasteiger partial charge in [-0.2, -0.15) is 0 Å². The monoisotopic (exact) mass is 411 g/mol. The highest BCUT2D eigenvalue weighted by molar-refractivity contribution is 5.90. The number of methoxy groups -OCH3 is 2. The van der Waals surface area contributed by atoms with Crippen molar-refractivity contribution >= 4 is 17.7 Å². The molecular formula is C23H41NO5. The SMILES string of the molecule is CCCCCCC(=O)/C=C(/CCCCCCCCC(=O)OC)NC(C)C(=O)OC. The molecule has 1 N–H and O–H groups in total. The molecule has 1 atom stereocenters. The van der Waals surface area contributed by atoms with E-state index in [4.69, 9.17) is 4.74 Å². The van der Waals surface area contributed by atoms with Gasteiger partial charge in [0, 0.05) is 24.6 Å². The van der Waals surface area contributed by atoms with E-state index >= 15 is 0 Å². The summed E-state index contributed by atoms with van der Waals surface area (Å²) in [5, 5.41) is 3.14. The molecule has 1 unspecified atom stereocenters. The van der Waals surface area contributed by atoms with Crippen molar-refractivity contribution < 1.29 is 23.9 Å². The van der Waals surface area contributed by atoms with Gasteiger partial charge in [0.15, 0.2) is 5.78 Å². The lowest BCUT2D eigenvalue weighted by molar-refractivity contribution is -0.142. The summed E-state index contributed by atoms with van der Waals surface area (Å²) in [7, 11) is 2.78. The quantitative estimate of drug-likeness (QED) is 0.197. The normalized spacial score (nSPS) is 12.3. The van der Waals surface area contributed by atoms with Crippen molar-refractivity contribution in [2.45, 2.75) is 103 Å². The molecule has 0 aromatic rings. The van der Waals surface area contributed by atoms with E-state index < -0.39 is 6.04 Å². The predicted molar refractivity (Wildman–Crippen MR) is 115 cm³/mol. The first-order chi connectivity index (χ1) is 13.9. The van der Waals surface area contributed by atoms with E-state index in [1.165, 1.54) is 14.2 Å². The van der Waals surface area contributed by atoms with Gasteiger partial charge in [0.05, 0.1) is 14.2 Å². The molecule has 0 saturated carbocycles. The van der Waals surface area contributed by atoms with Gasteiger partial charge >= 0.3 is 11.9 Å². The number of carbonyl (C=O) groups excluding carboxylic acids is 3. The van der Waals surface area contributed by atoms with Crippen molar-refractivity contribution in [3.05, 3.63) is 11.8 Å². The summed E-state index contributed by atoms with van der Waals surface area (Å²) in [4.78, 5) is 35.0. The maximum Gasteiger partial charge on any atom is 0.327 e. The number of allylic oxidation sites excluding steroid dienone is 2. The Morgan fingerprint density at radius 1 is 0.793 bits per heavy atom. The minimum Gasteiger partial charge on any atom is -0.469 e. The van der Waals surface area contributed by atoms with Gasteiger partial charge in [0.25, 0.3) is 0 Å². The number of ketones is 1. The third-order valence-corrected chi connectivity index (χ3v) is 4.87. The van der Waals surface area contributed by atoms with E-state index in [9.17, 15) is 14.4 Å². The van der Waals surface area contributed by atoms with Crippen molar-refractivity contribution in [1.82, 2.24) is 5.32 Å². The Labute approximate surface area is 176 Å². The van der Waals surface area contributed by atoms with Gasteiger partial charge in [0.2, 0.25) is 0 Å². The molecular weight excluding hydrogens is 370 g/mol. The summed E-state index contributed by atoms with van der Waals surface area (Å²) >= 11 is 0. The molecule has 168 valence electrons. The van der Waals surface area contributed by atoms with Crippen LogP contribution in [0.1, 0.15) is 97.3 Å². The van der Waals surface area contributed by atoms with Crippen LogP contribution in [0, 0.1) is 0 Å². The molecule has 0 aliphatic rings. The van der Waals surface area contributed by atoms with Crippen LogP contribution in [0.3, 0.4) is 0 Å². The maximum atomic E-state index is 12.3. The van der Waals surface area contributed by atoms with E-state index in [1.54, 1.807) is 13.0 Å². The van der Waals surface area contributed by atoms with Crippen molar-refractivity contribution in [3.8, 4) is 0 Å². The lowest BCUT2D eigenvalue weighted by atomic mass is 10.0. The fourth-order valence-electron chi connectivity index (χ4n) is 3.09. The van der Waals surface area contributed by atoms with Gasteiger partial charge in [-0.15, -0.1) is 0 Å². The molecule has 0 rings (SSSR count). The highest BCUT2D eigenvalue weighted by atomic mass is 16.5. The molecule has 29 heavy (non-hydrogen) atoms. The molecule has 0 saturated heterocycles. The van der Waals surface area contributed by atoms with Crippen LogP contribution in [0.4, 0.5) is 0 Å². The van der Waals surface area contributed by atoms with E-state index in [0.29, 0.717) is 12.8 Å². The summed E-state index contributed by atoms with van der Waals surface area (Å²) in [6.45, 7) is 3.89. The maximum absolute atomic E-state index is 12.3. The smallest absolute Gasteiger partial charge is 0.327 e. The van der Waals surface area contributed by atoms with Gasteiger partial charge in [-0.1, -0.05) is 51.9 Å². The van der Waals surface area contributed by atoms with Crippen molar-refractivity contribution in [1.29, 1.82) is 0 Å². The van der Waals surface area contributed by atoms with E-state index in [0.717, 1.165) is 76.3 Å². The highest BCUT2D eigenvalue weighted by Gasteiger charge is 2.14. The summed E-state index contributed by atoms with van der Waals surface area (Å²) < 4.78 is 9.40. The van der Waals surface area contributed by atoms with Gasteiger partial charge < -0.3 is 14.8 Å². The Kier molecular flexibility index (Phi) is 17.0. The zero-order valence-electron chi connectivity index (χ0n) is 18.9. The first kappa shape index (κ1) is 27.1. The molecule has 0 spiro atoms. The minimum atomic E-state index is -0.475. The third-order valence-electron chi connectivity index (χ3n) is 4.87. The minimum absolute atomic E-state index is 0.114. The molecule has 0 aliphatic heterocycles. The van der Waals surface area contributed by atoms with Crippen LogP contribution in [0.5, 0.6) is 0 Å². The van der Waals surface area contributed by atoms with E-state index in [2.05, 4.69) is 17.0 Å². The number of hydrogen-bond acceptors (Lipinski definition) is 6. The Hall–Kier alpha value is -1.85. The summed E-state index contributed by atoms with van der Waals surface area (Å²) in [6.07, 6.45) is 13.8. The van der Waals surface area contributed by atoms with Crippen molar-refractivity contribution in [2.75, 3.05) is 14.2 Å². The lowest BCUT2D eigenvalue weighted by Crippen LogP contribution is -2.34. The number of unbranched alkanes of at least 4 members (excludes halogenated alkanes) is 8. The first-order valence-corrected chi connectivity index (χ1v) is 11.1. The average molecular weight is 412 g/mol. The van der Waals surface area contributed by atoms with Gasteiger partial charge in [-0.05, 0) is 32.6 Å². The van der Waals surface area contributed by atoms with Gasteiger partial charge in [-0.25, -0.2) is 4.79 Å². The zero-order chi connectivity index (χ0) is 21.9. The van der Waals surface area contributed by atoms with Crippen LogP contribution in [0.25, 0.3) is 0 Å². The Bertz CT molecular complexity index is 501. The number of ether oxygens (including phenoxy) is 2. The first-order valence-electron chi connectivity index (χ1n) is 11.1. The Morgan fingerprint density at radius 3 is 1.93 bits per heavy atom. The molecule has 6 nitrogen and oxygen atoms in total. The standard InChI is InChI=1S/C23H41NO5/c1-5-6-7-13-16-21(25)18-20(24-19(2)23(27)29-4)15-12-10-8-9-11-14-17-22(26)28-3/h18-19,24H,5-17H2,1-4H3/b20-18-. The largest absolute Gasteiger partial charge is 0.469 e. The number of rotatable bonds is 18. The van der Waals surface area contributed by atoms with Gasteiger partial charge in [-0.3, -0.25) is 9.59 Å². The Balaban J connectivity index is 4.33. The van der Waals surface area contributed by atoms with Crippen LogP contribution >= 0.6 is 0 Å². The molecule has 0 aromatic carbocycles. The van der Waals surface area contributed by atoms with Crippen LogP contribution in [0.2, 0.25) is 0 Å².